The minimum Gasteiger partial charge on any atom is -0.399 e. The molecule has 15 heavy (non-hydrogen) atoms. The molecule has 1 aromatic carbocycles. The van der Waals surface area contributed by atoms with Gasteiger partial charge in [-0.15, -0.1) is 10.2 Å². The predicted molar refractivity (Wildman–Crippen MR) is 57.2 cm³/mol. The molecule has 0 spiro atoms. The van der Waals surface area contributed by atoms with E-state index in [9.17, 15) is 0 Å². The standard InChI is InChI=1S/C10H13N5/c1-7(10-12-14-15-13-10)6-8-2-4-9(11)5-3-8/h2-5,7H,6,11H2,1H3,(H,12,13,14,15). The van der Waals surface area contributed by atoms with Gasteiger partial charge in [-0.2, -0.15) is 5.21 Å². The van der Waals surface area contributed by atoms with Crippen LogP contribution in [-0.2, 0) is 6.42 Å². The Balaban J connectivity index is 2.06. The van der Waals surface area contributed by atoms with Gasteiger partial charge in [-0.1, -0.05) is 24.3 Å². The van der Waals surface area contributed by atoms with Gasteiger partial charge in [-0.25, -0.2) is 0 Å². The van der Waals surface area contributed by atoms with Gasteiger partial charge in [-0.05, 0) is 24.1 Å². The third-order valence-electron chi connectivity index (χ3n) is 2.32. The first-order chi connectivity index (χ1) is 7.25. The summed E-state index contributed by atoms with van der Waals surface area (Å²) in [5, 5.41) is 13.9. The molecule has 5 nitrogen and oxygen atoms in total. The van der Waals surface area contributed by atoms with Gasteiger partial charge in [0.05, 0.1) is 0 Å². The molecule has 1 unspecified atom stereocenters. The fraction of sp³-hybridized carbons (Fsp3) is 0.300. The smallest absolute Gasteiger partial charge is 0.177 e. The van der Waals surface area contributed by atoms with Crippen LogP contribution in [0.3, 0.4) is 0 Å². The van der Waals surface area contributed by atoms with Crippen LogP contribution in [0.2, 0.25) is 0 Å². The molecular weight excluding hydrogens is 190 g/mol. The van der Waals surface area contributed by atoms with Crippen molar-refractivity contribution < 1.29 is 0 Å². The fourth-order valence-corrected chi connectivity index (χ4v) is 1.48. The second kappa shape index (κ2) is 4.08. The summed E-state index contributed by atoms with van der Waals surface area (Å²) in [6, 6.07) is 7.84. The Hall–Kier alpha value is -1.91. The van der Waals surface area contributed by atoms with Crippen molar-refractivity contribution in [3.8, 4) is 0 Å². The summed E-state index contributed by atoms with van der Waals surface area (Å²) < 4.78 is 0. The van der Waals surface area contributed by atoms with Gasteiger partial charge < -0.3 is 5.73 Å². The highest BCUT2D eigenvalue weighted by atomic mass is 15.5. The molecule has 2 aromatic rings. The van der Waals surface area contributed by atoms with E-state index in [0.717, 1.165) is 17.9 Å². The summed E-state index contributed by atoms with van der Waals surface area (Å²) in [7, 11) is 0. The lowest BCUT2D eigenvalue weighted by atomic mass is 10.0. The van der Waals surface area contributed by atoms with E-state index in [1.165, 1.54) is 5.56 Å². The van der Waals surface area contributed by atoms with Gasteiger partial charge >= 0.3 is 0 Å². The van der Waals surface area contributed by atoms with E-state index in [1.807, 2.05) is 24.3 Å². The third kappa shape index (κ3) is 2.31. The zero-order chi connectivity index (χ0) is 10.7. The number of H-pyrrole nitrogens is 1. The molecule has 1 heterocycles. The number of hydrogen-bond acceptors (Lipinski definition) is 4. The maximum Gasteiger partial charge on any atom is 0.177 e. The Bertz CT molecular complexity index is 406. The second-order valence-corrected chi connectivity index (χ2v) is 3.62. The fourth-order valence-electron chi connectivity index (χ4n) is 1.48. The van der Waals surface area contributed by atoms with Crippen molar-refractivity contribution in [2.24, 2.45) is 0 Å². The van der Waals surface area contributed by atoms with Crippen LogP contribution in [0.15, 0.2) is 24.3 Å². The molecule has 0 saturated heterocycles. The number of rotatable bonds is 3. The summed E-state index contributed by atoms with van der Waals surface area (Å²) in [5.41, 5.74) is 7.62. The second-order valence-electron chi connectivity index (χ2n) is 3.62. The molecule has 0 aliphatic heterocycles. The summed E-state index contributed by atoms with van der Waals surface area (Å²) >= 11 is 0. The SMILES string of the molecule is CC(Cc1ccc(N)cc1)c1nn[nH]n1. The summed E-state index contributed by atoms with van der Waals surface area (Å²) in [5.74, 6) is 0.999. The number of nitrogens with one attached hydrogen (secondary N) is 1. The van der Waals surface area contributed by atoms with Crippen molar-refractivity contribution in [2.45, 2.75) is 19.3 Å². The van der Waals surface area contributed by atoms with Crippen LogP contribution in [0, 0.1) is 0 Å². The number of nitrogens with two attached hydrogens (primary N) is 1. The zero-order valence-electron chi connectivity index (χ0n) is 8.51. The lowest BCUT2D eigenvalue weighted by molar-refractivity contribution is 0.700. The van der Waals surface area contributed by atoms with Crippen LogP contribution in [0.25, 0.3) is 0 Å². The minimum absolute atomic E-state index is 0.257. The van der Waals surface area contributed by atoms with Gasteiger partial charge in [0.1, 0.15) is 0 Å². The van der Waals surface area contributed by atoms with Crippen molar-refractivity contribution in [1.82, 2.24) is 20.6 Å². The van der Waals surface area contributed by atoms with E-state index >= 15 is 0 Å². The Labute approximate surface area is 87.7 Å². The molecule has 5 heteroatoms. The monoisotopic (exact) mass is 203 g/mol. The van der Waals surface area contributed by atoms with Gasteiger partial charge in [0, 0.05) is 11.6 Å². The Morgan fingerprint density at radius 1 is 1.33 bits per heavy atom. The average molecular weight is 203 g/mol. The largest absolute Gasteiger partial charge is 0.399 e. The van der Waals surface area contributed by atoms with Crippen LogP contribution in [0.4, 0.5) is 5.69 Å². The van der Waals surface area contributed by atoms with Crippen molar-refractivity contribution in [3.63, 3.8) is 0 Å². The molecular formula is C10H13N5. The van der Waals surface area contributed by atoms with E-state index in [-0.39, 0.29) is 5.92 Å². The molecule has 78 valence electrons. The third-order valence-corrected chi connectivity index (χ3v) is 2.32. The number of aromatic nitrogens is 4. The normalized spacial score (nSPS) is 12.6. The Morgan fingerprint density at radius 3 is 2.67 bits per heavy atom. The van der Waals surface area contributed by atoms with E-state index in [0.29, 0.717) is 0 Å². The van der Waals surface area contributed by atoms with Crippen molar-refractivity contribution in [2.75, 3.05) is 5.73 Å². The van der Waals surface area contributed by atoms with Gasteiger partial charge in [0.25, 0.3) is 0 Å². The minimum atomic E-state index is 0.257. The quantitative estimate of drug-likeness (QED) is 0.733. The molecule has 2 rings (SSSR count). The van der Waals surface area contributed by atoms with Crippen LogP contribution in [0.1, 0.15) is 24.2 Å². The van der Waals surface area contributed by atoms with Crippen molar-refractivity contribution in [1.29, 1.82) is 0 Å². The summed E-state index contributed by atoms with van der Waals surface area (Å²) in [6.45, 7) is 2.07. The highest BCUT2D eigenvalue weighted by Crippen LogP contribution is 2.16. The van der Waals surface area contributed by atoms with Crippen LogP contribution >= 0.6 is 0 Å². The first-order valence-corrected chi connectivity index (χ1v) is 4.83. The summed E-state index contributed by atoms with van der Waals surface area (Å²) in [6.07, 6.45) is 0.889. The molecule has 0 aliphatic carbocycles. The number of anilines is 1. The zero-order valence-corrected chi connectivity index (χ0v) is 8.51. The van der Waals surface area contributed by atoms with E-state index < -0.39 is 0 Å². The van der Waals surface area contributed by atoms with Crippen LogP contribution < -0.4 is 5.73 Å². The Kier molecular flexibility index (Phi) is 2.62. The molecule has 1 aromatic heterocycles. The van der Waals surface area contributed by atoms with Gasteiger partial charge in [-0.3, -0.25) is 0 Å². The predicted octanol–water partition coefficient (Wildman–Crippen LogP) is 1.13. The molecule has 1 atom stereocenters. The molecule has 0 fully saturated rings. The van der Waals surface area contributed by atoms with Gasteiger partial charge in [0.15, 0.2) is 5.82 Å². The summed E-state index contributed by atoms with van der Waals surface area (Å²) in [4.78, 5) is 0. The van der Waals surface area contributed by atoms with Crippen molar-refractivity contribution in [3.05, 3.63) is 35.7 Å². The molecule has 0 aliphatic rings. The lowest BCUT2D eigenvalue weighted by Crippen LogP contribution is -2.01. The van der Waals surface area contributed by atoms with E-state index in [2.05, 4.69) is 27.5 Å². The maximum absolute atomic E-state index is 5.61. The molecule has 0 saturated carbocycles. The molecule has 0 bridgehead atoms. The van der Waals surface area contributed by atoms with Gasteiger partial charge in [0.2, 0.25) is 0 Å². The number of hydrogen-bond donors (Lipinski definition) is 2. The first-order valence-electron chi connectivity index (χ1n) is 4.83. The lowest BCUT2D eigenvalue weighted by Gasteiger charge is -2.06. The van der Waals surface area contributed by atoms with Crippen LogP contribution in [-0.4, -0.2) is 20.6 Å². The highest BCUT2D eigenvalue weighted by Gasteiger charge is 2.10. The number of nitrogens with zero attached hydrogens (tertiary/aromatic N) is 3. The number of tetrazole rings is 1. The molecule has 3 N–H and O–H groups in total. The number of benzene rings is 1. The van der Waals surface area contributed by atoms with Crippen molar-refractivity contribution >= 4 is 5.69 Å². The Morgan fingerprint density at radius 2 is 2.07 bits per heavy atom. The molecule has 0 radical (unpaired) electrons. The maximum atomic E-state index is 5.61. The number of aromatic amines is 1. The van der Waals surface area contributed by atoms with E-state index in [4.69, 9.17) is 5.73 Å². The topological polar surface area (TPSA) is 80.5 Å². The van der Waals surface area contributed by atoms with Crippen LogP contribution in [0.5, 0.6) is 0 Å². The average Bonchev–Trinajstić information content (AvgIpc) is 2.74. The van der Waals surface area contributed by atoms with E-state index in [1.54, 1.807) is 0 Å². The molecule has 0 amide bonds. The first kappa shape index (κ1) is 9.64. The highest BCUT2D eigenvalue weighted by molar-refractivity contribution is 5.39. The number of nitrogen functional groups attached to an aromatic ring is 1.